The molecule has 1 aliphatic rings. The number of aromatic nitrogens is 1. The van der Waals surface area contributed by atoms with E-state index in [0.717, 1.165) is 18.4 Å². The molecule has 0 aliphatic heterocycles. The molecule has 6 heteroatoms. The van der Waals surface area contributed by atoms with E-state index in [4.69, 9.17) is 0 Å². The largest absolute Gasteiger partial charge is 0.388 e. The fraction of sp³-hybridized carbons (Fsp3) is 0.333. The molecular weight excluding hydrogens is 275 g/mol. The number of halogens is 1. The Kier molecular flexibility index (Phi) is 3.47. The quantitative estimate of drug-likeness (QED) is 0.679. The number of hydrogen-bond donors (Lipinski definition) is 1. The van der Waals surface area contributed by atoms with Gasteiger partial charge in [0.2, 0.25) is 5.82 Å². The van der Waals surface area contributed by atoms with Gasteiger partial charge in [0.15, 0.2) is 0 Å². The van der Waals surface area contributed by atoms with Crippen molar-refractivity contribution in [3.8, 4) is 0 Å². The van der Waals surface area contributed by atoms with Crippen LogP contribution in [0, 0.1) is 21.8 Å². The van der Waals surface area contributed by atoms with Gasteiger partial charge in [-0.15, -0.1) is 0 Å². The van der Waals surface area contributed by atoms with Crippen molar-refractivity contribution in [3.05, 3.63) is 63.7 Å². The van der Waals surface area contributed by atoms with Crippen LogP contribution in [0.2, 0.25) is 0 Å². The molecule has 1 N–H and O–H groups in total. The van der Waals surface area contributed by atoms with Crippen LogP contribution >= 0.6 is 0 Å². The summed E-state index contributed by atoms with van der Waals surface area (Å²) in [7, 11) is 0. The number of benzene rings is 1. The van der Waals surface area contributed by atoms with Crippen molar-refractivity contribution in [2.75, 3.05) is 0 Å². The number of aliphatic hydroxyl groups excluding tert-OH is 1. The van der Waals surface area contributed by atoms with Crippen LogP contribution in [0.3, 0.4) is 0 Å². The Morgan fingerprint density at radius 3 is 2.81 bits per heavy atom. The maximum Gasteiger partial charge on any atom is 0.304 e. The molecule has 0 radical (unpaired) electrons. The first-order valence-electron chi connectivity index (χ1n) is 6.81. The Balaban J connectivity index is 1.74. The van der Waals surface area contributed by atoms with Crippen molar-refractivity contribution in [1.82, 2.24) is 4.57 Å². The average molecular weight is 290 g/mol. The van der Waals surface area contributed by atoms with Crippen LogP contribution in [-0.4, -0.2) is 14.6 Å². The first-order chi connectivity index (χ1) is 10.0. The summed E-state index contributed by atoms with van der Waals surface area (Å²) < 4.78 is 15.4. The molecule has 0 saturated heterocycles. The molecule has 1 aromatic carbocycles. The predicted octanol–water partition coefficient (Wildman–Crippen LogP) is 3.03. The molecule has 1 aromatic heterocycles. The summed E-state index contributed by atoms with van der Waals surface area (Å²) in [6.45, 7) is 0.409. The van der Waals surface area contributed by atoms with Crippen LogP contribution in [-0.2, 0) is 6.54 Å². The minimum atomic E-state index is -0.831. The zero-order chi connectivity index (χ0) is 15.0. The second kappa shape index (κ2) is 5.29. The van der Waals surface area contributed by atoms with Gasteiger partial charge in [0.05, 0.1) is 11.0 Å². The molecule has 5 nitrogen and oxygen atoms in total. The van der Waals surface area contributed by atoms with Gasteiger partial charge in [-0.3, -0.25) is 10.1 Å². The van der Waals surface area contributed by atoms with Gasteiger partial charge in [-0.1, -0.05) is 6.07 Å². The van der Waals surface area contributed by atoms with Gasteiger partial charge >= 0.3 is 5.69 Å². The standard InChI is InChI=1S/C15H15FN2O3/c16-13-7-10(1-4-14(13)18(20)21)8-17-6-5-12(9-17)15(19)11-2-3-11/h1,4-7,9,11,15,19H,2-3,8H2. The van der Waals surface area contributed by atoms with Crippen molar-refractivity contribution in [3.63, 3.8) is 0 Å². The molecule has 0 bridgehead atoms. The Hall–Kier alpha value is -2.21. The zero-order valence-electron chi connectivity index (χ0n) is 11.3. The summed E-state index contributed by atoms with van der Waals surface area (Å²) in [6, 6.07) is 5.74. The number of hydrogen-bond acceptors (Lipinski definition) is 3. The molecule has 0 amide bonds. The first-order valence-corrected chi connectivity index (χ1v) is 6.81. The maximum absolute atomic E-state index is 13.6. The normalized spacial score (nSPS) is 15.9. The maximum atomic E-state index is 13.6. The average Bonchev–Trinajstić information content (AvgIpc) is 3.18. The second-order valence-electron chi connectivity index (χ2n) is 5.44. The number of nitrogens with zero attached hydrogens (tertiary/aromatic N) is 2. The van der Waals surface area contributed by atoms with Gasteiger partial charge in [-0.2, -0.15) is 4.39 Å². The van der Waals surface area contributed by atoms with Gasteiger partial charge in [0.25, 0.3) is 0 Å². The van der Waals surface area contributed by atoms with Crippen molar-refractivity contribution in [1.29, 1.82) is 0 Å². The van der Waals surface area contributed by atoms with Crippen molar-refractivity contribution >= 4 is 5.69 Å². The smallest absolute Gasteiger partial charge is 0.304 e. The van der Waals surface area contributed by atoms with Crippen LogP contribution in [0.1, 0.15) is 30.1 Å². The zero-order valence-corrected chi connectivity index (χ0v) is 11.3. The van der Waals surface area contributed by atoms with Gasteiger partial charge in [0, 0.05) is 25.0 Å². The lowest BCUT2D eigenvalue weighted by Gasteiger charge is -2.07. The van der Waals surface area contributed by atoms with Gasteiger partial charge in [-0.25, -0.2) is 0 Å². The summed E-state index contributed by atoms with van der Waals surface area (Å²) in [5.74, 6) is -0.472. The molecule has 21 heavy (non-hydrogen) atoms. The number of nitro groups is 1. The minimum absolute atomic E-state index is 0.359. The lowest BCUT2D eigenvalue weighted by molar-refractivity contribution is -0.387. The fourth-order valence-electron chi connectivity index (χ4n) is 2.42. The Labute approximate surface area is 120 Å². The highest BCUT2D eigenvalue weighted by molar-refractivity contribution is 5.35. The molecule has 3 rings (SSSR count). The van der Waals surface area contributed by atoms with Crippen LogP contribution in [0.4, 0.5) is 10.1 Å². The highest BCUT2D eigenvalue weighted by atomic mass is 19.1. The van der Waals surface area contributed by atoms with Crippen molar-refractivity contribution in [2.45, 2.75) is 25.5 Å². The van der Waals surface area contributed by atoms with E-state index in [9.17, 15) is 19.6 Å². The summed E-state index contributed by atoms with van der Waals surface area (Å²) in [4.78, 5) is 9.83. The topological polar surface area (TPSA) is 68.3 Å². The van der Waals surface area contributed by atoms with Crippen LogP contribution in [0.15, 0.2) is 36.7 Å². The van der Waals surface area contributed by atoms with E-state index in [-0.39, 0.29) is 0 Å². The second-order valence-corrected chi connectivity index (χ2v) is 5.44. The Morgan fingerprint density at radius 1 is 1.43 bits per heavy atom. The predicted molar refractivity (Wildman–Crippen MR) is 74.3 cm³/mol. The third-order valence-corrected chi connectivity index (χ3v) is 3.76. The van der Waals surface area contributed by atoms with Gasteiger partial charge < -0.3 is 9.67 Å². The molecule has 1 heterocycles. The van der Waals surface area contributed by atoms with Crippen LogP contribution in [0.5, 0.6) is 0 Å². The minimum Gasteiger partial charge on any atom is -0.388 e. The Bertz CT molecular complexity index is 679. The number of rotatable bonds is 5. The fourth-order valence-corrected chi connectivity index (χ4v) is 2.42. The Morgan fingerprint density at radius 2 is 2.19 bits per heavy atom. The molecule has 1 aliphatic carbocycles. The highest BCUT2D eigenvalue weighted by Crippen LogP contribution is 2.40. The van der Waals surface area contributed by atoms with Crippen molar-refractivity contribution in [2.24, 2.45) is 5.92 Å². The number of aliphatic hydroxyl groups is 1. The van der Waals surface area contributed by atoms with E-state index in [1.807, 2.05) is 23.0 Å². The van der Waals surface area contributed by atoms with Crippen LogP contribution in [0.25, 0.3) is 0 Å². The lowest BCUT2D eigenvalue weighted by Crippen LogP contribution is -2.01. The third-order valence-electron chi connectivity index (χ3n) is 3.76. The molecule has 1 fully saturated rings. The van der Waals surface area contributed by atoms with Gasteiger partial charge in [-0.05, 0) is 42.0 Å². The SMILES string of the molecule is O=[N+]([O-])c1ccc(Cn2ccc(C(O)C3CC3)c2)cc1F. The van der Waals surface area contributed by atoms with Crippen molar-refractivity contribution < 1.29 is 14.4 Å². The van der Waals surface area contributed by atoms with E-state index in [0.29, 0.717) is 18.0 Å². The van der Waals surface area contributed by atoms with Crippen LogP contribution < -0.4 is 0 Å². The first kappa shape index (κ1) is 13.8. The molecule has 0 spiro atoms. The molecular formula is C15H15FN2O3. The van der Waals surface area contributed by atoms with E-state index in [2.05, 4.69) is 0 Å². The van der Waals surface area contributed by atoms with E-state index < -0.39 is 22.5 Å². The summed E-state index contributed by atoms with van der Waals surface area (Å²) in [6.07, 6.45) is 5.34. The third kappa shape index (κ3) is 2.95. The lowest BCUT2D eigenvalue weighted by atomic mass is 10.1. The monoisotopic (exact) mass is 290 g/mol. The van der Waals surface area contributed by atoms with E-state index >= 15 is 0 Å². The molecule has 1 unspecified atom stereocenters. The molecule has 1 atom stereocenters. The van der Waals surface area contributed by atoms with E-state index in [1.54, 1.807) is 0 Å². The summed E-state index contributed by atoms with van der Waals surface area (Å²) >= 11 is 0. The van der Waals surface area contributed by atoms with Gasteiger partial charge in [0.1, 0.15) is 0 Å². The molecule has 110 valence electrons. The summed E-state index contributed by atoms with van der Waals surface area (Å²) in [5, 5.41) is 20.6. The molecule has 1 saturated carbocycles. The number of nitro benzene ring substituents is 1. The highest BCUT2D eigenvalue weighted by Gasteiger charge is 2.31. The summed E-state index contributed by atoms with van der Waals surface area (Å²) in [5.41, 5.74) is 0.983. The van der Waals surface area contributed by atoms with E-state index in [1.165, 1.54) is 18.2 Å². The molecule has 2 aromatic rings.